The van der Waals surface area contributed by atoms with Crippen LogP contribution < -0.4 is 5.73 Å². The maximum absolute atomic E-state index is 12.5. The first-order valence-electron chi connectivity index (χ1n) is 8.24. The average Bonchev–Trinajstić information content (AvgIpc) is 2.95. The van der Waals surface area contributed by atoms with Crippen molar-refractivity contribution in [1.29, 1.82) is 0 Å². The normalized spacial score (nSPS) is 22.4. The van der Waals surface area contributed by atoms with E-state index in [1.165, 1.54) is 35.3 Å². The van der Waals surface area contributed by atoms with Crippen LogP contribution >= 0.6 is 24.2 Å². The Bertz CT molecular complexity index is 576. The van der Waals surface area contributed by atoms with Gasteiger partial charge < -0.3 is 10.6 Å². The van der Waals surface area contributed by atoms with Crippen LogP contribution in [-0.2, 0) is 17.6 Å². The zero-order chi connectivity index (χ0) is 15.7. The lowest BCUT2D eigenvalue weighted by Gasteiger charge is -2.42. The molecule has 23 heavy (non-hydrogen) atoms. The lowest BCUT2D eigenvalue weighted by atomic mass is 9.80. The molecule has 0 saturated carbocycles. The third kappa shape index (κ3) is 4.23. The minimum absolute atomic E-state index is 0. The highest BCUT2D eigenvalue weighted by Gasteiger charge is 2.35. The largest absolute Gasteiger partial charge is 0.341 e. The highest BCUT2D eigenvalue weighted by Crippen LogP contribution is 2.30. The van der Waals surface area contributed by atoms with E-state index >= 15 is 0 Å². The van der Waals surface area contributed by atoms with Gasteiger partial charge in [0, 0.05) is 24.0 Å². The van der Waals surface area contributed by atoms with Gasteiger partial charge in [0.1, 0.15) is 0 Å². The minimum Gasteiger partial charge on any atom is -0.341 e. The van der Waals surface area contributed by atoms with Crippen molar-refractivity contribution in [3.05, 3.63) is 29.3 Å². The van der Waals surface area contributed by atoms with Crippen LogP contribution in [0.1, 0.15) is 37.8 Å². The second kappa shape index (κ2) is 7.45. The first-order chi connectivity index (χ1) is 10.5. The van der Waals surface area contributed by atoms with Crippen molar-refractivity contribution in [1.82, 2.24) is 4.90 Å². The zero-order valence-corrected chi connectivity index (χ0v) is 15.6. The van der Waals surface area contributed by atoms with Crippen LogP contribution in [0.25, 0.3) is 0 Å². The number of piperidine rings is 1. The van der Waals surface area contributed by atoms with E-state index in [0.717, 1.165) is 19.5 Å². The number of amides is 1. The van der Waals surface area contributed by atoms with Crippen molar-refractivity contribution in [2.75, 3.05) is 18.8 Å². The van der Waals surface area contributed by atoms with Gasteiger partial charge in [0.15, 0.2) is 0 Å². The lowest BCUT2D eigenvalue weighted by molar-refractivity contribution is -0.131. The molecule has 2 aliphatic rings. The average molecular weight is 355 g/mol. The Morgan fingerprint density at radius 3 is 2.83 bits per heavy atom. The monoisotopic (exact) mass is 354 g/mol. The lowest BCUT2D eigenvalue weighted by Crippen LogP contribution is -2.54. The second-order valence-electron chi connectivity index (χ2n) is 7.27. The van der Waals surface area contributed by atoms with E-state index in [1.54, 1.807) is 11.8 Å². The Morgan fingerprint density at radius 1 is 1.35 bits per heavy atom. The fraction of sp³-hybridized carbons (Fsp3) is 0.611. The summed E-state index contributed by atoms with van der Waals surface area (Å²) in [5.41, 5.74) is 9.13. The maximum Gasteiger partial charge on any atom is 0.232 e. The van der Waals surface area contributed by atoms with Gasteiger partial charge in [-0.25, -0.2) is 0 Å². The van der Waals surface area contributed by atoms with Crippen LogP contribution in [0.15, 0.2) is 23.1 Å². The van der Waals surface area contributed by atoms with Gasteiger partial charge in [-0.3, -0.25) is 4.79 Å². The summed E-state index contributed by atoms with van der Waals surface area (Å²) in [6.45, 7) is 5.89. The number of halogens is 1. The summed E-state index contributed by atoms with van der Waals surface area (Å²) >= 11 is 1.67. The van der Waals surface area contributed by atoms with Crippen LogP contribution in [-0.4, -0.2) is 35.7 Å². The number of nitrogens with two attached hydrogens (primary N) is 1. The number of thioether (sulfide) groups is 1. The minimum atomic E-state index is 0. The van der Waals surface area contributed by atoms with Crippen molar-refractivity contribution in [3.63, 3.8) is 0 Å². The molecule has 1 atom stereocenters. The van der Waals surface area contributed by atoms with Crippen molar-refractivity contribution < 1.29 is 4.79 Å². The molecule has 2 N–H and O–H groups in total. The molecule has 1 aliphatic heterocycles. The number of fused-ring (bicyclic) bond motifs is 1. The first kappa shape index (κ1) is 18.6. The Balaban J connectivity index is 0.00000192. The number of nitrogens with zero attached hydrogens (tertiary/aromatic N) is 1. The smallest absolute Gasteiger partial charge is 0.232 e. The number of carbonyl (C=O) groups is 1. The van der Waals surface area contributed by atoms with Crippen LogP contribution in [0.2, 0.25) is 0 Å². The quantitative estimate of drug-likeness (QED) is 0.847. The summed E-state index contributed by atoms with van der Waals surface area (Å²) in [4.78, 5) is 15.7. The number of aryl methyl sites for hydroxylation is 2. The third-order valence-electron chi connectivity index (χ3n) is 5.10. The fourth-order valence-electron chi connectivity index (χ4n) is 3.46. The Labute approximate surface area is 149 Å². The first-order valence-corrected chi connectivity index (χ1v) is 9.22. The number of carbonyl (C=O) groups excluding carboxylic acids is 1. The third-order valence-corrected chi connectivity index (χ3v) is 6.08. The summed E-state index contributed by atoms with van der Waals surface area (Å²) < 4.78 is 0. The molecule has 5 heteroatoms. The molecule has 1 fully saturated rings. The van der Waals surface area contributed by atoms with Crippen molar-refractivity contribution >= 4 is 30.1 Å². The van der Waals surface area contributed by atoms with Gasteiger partial charge in [-0.05, 0) is 54.4 Å². The Morgan fingerprint density at radius 2 is 2.09 bits per heavy atom. The second-order valence-corrected chi connectivity index (χ2v) is 8.32. The van der Waals surface area contributed by atoms with Crippen molar-refractivity contribution in [2.45, 2.75) is 50.5 Å². The molecule has 0 aromatic heterocycles. The standard InChI is InChI=1S/C18H26N2OS.ClH/c1-18(2)12-20(9-8-16(18)19)17(21)11-22-15-7-6-13-4-3-5-14(13)10-15;/h6-7,10,16H,3-5,8-9,11-12,19H2,1-2H3;1H. The molecule has 1 aliphatic carbocycles. The molecule has 128 valence electrons. The molecule has 0 bridgehead atoms. The van der Waals surface area contributed by atoms with Crippen molar-refractivity contribution in [2.24, 2.45) is 11.1 Å². The van der Waals surface area contributed by atoms with Crippen molar-refractivity contribution in [3.8, 4) is 0 Å². The highest BCUT2D eigenvalue weighted by molar-refractivity contribution is 8.00. The maximum atomic E-state index is 12.5. The molecule has 1 unspecified atom stereocenters. The van der Waals surface area contributed by atoms with Crippen LogP contribution in [0.4, 0.5) is 0 Å². The SMILES string of the molecule is CC1(C)CN(C(=O)CSc2ccc3c(c2)CCC3)CCC1N.Cl. The number of rotatable bonds is 3. The molecule has 1 saturated heterocycles. The van der Waals surface area contributed by atoms with E-state index in [2.05, 4.69) is 32.0 Å². The number of hydrogen-bond donors (Lipinski definition) is 1. The molecule has 1 amide bonds. The van der Waals surface area contributed by atoms with Gasteiger partial charge in [-0.2, -0.15) is 0 Å². The van der Waals surface area contributed by atoms with E-state index in [4.69, 9.17) is 5.73 Å². The van der Waals surface area contributed by atoms with E-state index in [0.29, 0.717) is 5.75 Å². The number of hydrogen-bond acceptors (Lipinski definition) is 3. The Hall–Kier alpha value is -0.710. The van der Waals surface area contributed by atoms with Gasteiger partial charge in [0.05, 0.1) is 5.75 Å². The van der Waals surface area contributed by atoms with E-state index in [1.807, 2.05) is 4.90 Å². The molecular formula is C18H27ClN2OS. The summed E-state index contributed by atoms with van der Waals surface area (Å²) in [7, 11) is 0. The molecule has 3 nitrogen and oxygen atoms in total. The molecule has 1 aromatic carbocycles. The molecular weight excluding hydrogens is 328 g/mol. The summed E-state index contributed by atoms with van der Waals surface area (Å²) in [6, 6.07) is 6.87. The van der Waals surface area contributed by atoms with Gasteiger partial charge in [-0.1, -0.05) is 19.9 Å². The van der Waals surface area contributed by atoms with Crippen LogP contribution in [0, 0.1) is 5.41 Å². The van der Waals surface area contributed by atoms with Gasteiger partial charge >= 0.3 is 0 Å². The zero-order valence-electron chi connectivity index (χ0n) is 14.0. The highest BCUT2D eigenvalue weighted by atomic mass is 35.5. The van der Waals surface area contributed by atoms with Crippen LogP contribution in [0.3, 0.4) is 0 Å². The topological polar surface area (TPSA) is 46.3 Å². The molecule has 0 radical (unpaired) electrons. The van der Waals surface area contributed by atoms with Gasteiger partial charge in [0.2, 0.25) is 5.91 Å². The predicted molar refractivity (Wildman–Crippen MR) is 99.4 cm³/mol. The summed E-state index contributed by atoms with van der Waals surface area (Å²) in [6.07, 6.45) is 4.58. The molecule has 3 rings (SSSR count). The molecule has 1 aromatic rings. The number of likely N-dealkylation sites (tertiary alicyclic amines) is 1. The summed E-state index contributed by atoms with van der Waals surface area (Å²) in [5, 5.41) is 0. The number of benzene rings is 1. The van der Waals surface area contributed by atoms with Gasteiger partial charge in [0.25, 0.3) is 0 Å². The Kier molecular flexibility index (Phi) is 6.04. The molecule has 0 spiro atoms. The van der Waals surface area contributed by atoms with E-state index in [-0.39, 0.29) is 29.8 Å². The van der Waals surface area contributed by atoms with E-state index in [9.17, 15) is 4.79 Å². The predicted octanol–water partition coefficient (Wildman–Crippen LogP) is 3.28. The van der Waals surface area contributed by atoms with Gasteiger partial charge in [-0.15, -0.1) is 24.2 Å². The van der Waals surface area contributed by atoms with E-state index < -0.39 is 0 Å². The van der Waals surface area contributed by atoms with Crippen LogP contribution in [0.5, 0.6) is 0 Å². The summed E-state index contributed by atoms with van der Waals surface area (Å²) in [5.74, 6) is 0.773. The fourth-order valence-corrected chi connectivity index (χ4v) is 4.32. The molecule has 1 heterocycles.